The van der Waals surface area contributed by atoms with Gasteiger partial charge in [0.1, 0.15) is 5.75 Å². The first-order valence-corrected chi connectivity index (χ1v) is 8.92. The highest BCUT2D eigenvalue weighted by molar-refractivity contribution is 5.85. The van der Waals surface area contributed by atoms with E-state index in [1.54, 1.807) is 7.11 Å². The van der Waals surface area contributed by atoms with Crippen LogP contribution in [0.3, 0.4) is 0 Å². The molecule has 2 N–H and O–H groups in total. The zero-order valence-electron chi connectivity index (χ0n) is 15.8. The number of carbonyl (C=O) groups is 2. The van der Waals surface area contributed by atoms with E-state index in [4.69, 9.17) is 4.74 Å². The Kier molecular flexibility index (Phi) is 9.44. The normalized spacial score (nSPS) is 16.8. The van der Waals surface area contributed by atoms with Gasteiger partial charge in [0.15, 0.2) is 0 Å². The molecule has 1 fully saturated rings. The molecule has 7 heteroatoms. The number of halogens is 1. The number of ether oxygens (including phenoxy) is 1. The predicted molar refractivity (Wildman–Crippen MR) is 105 cm³/mol. The quantitative estimate of drug-likeness (QED) is 0.756. The van der Waals surface area contributed by atoms with E-state index >= 15 is 0 Å². The van der Waals surface area contributed by atoms with Crippen LogP contribution in [0.15, 0.2) is 24.3 Å². The van der Waals surface area contributed by atoms with Crippen LogP contribution in [-0.2, 0) is 9.59 Å². The molecule has 146 valence electrons. The van der Waals surface area contributed by atoms with Crippen molar-refractivity contribution in [3.05, 3.63) is 29.8 Å². The van der Waals surface area contributed by atoms with E-state index in [9.17, 15) is 9.59 Å². The molecule has 1 aromatic carbocycles. The van der Waals surface area contributed by atoms with E-state index in [1.165, 1.54) is 0 Å². The van der Waals surface area contributed by atoms with Gasteiger partial charge in [-0.05, 0) is 12.0 Å². The number of benzene rings is 1. The molecule has 0 saturated carbocycles. The second-order valence-electron chi connectivity index (χ2n) is 6.75. The van der Waals surface area contributed by atoms with Crippen molar-refractivity contribution in [3.63, 3.8) is 0 Å². The number of amides is 2. The minimum Gasteiger partial charge on any atom is -0.496 e. The maximum Gasteiger partial charge on any atom is 0.224 e. The Morgan fingerprint density at radius 2 is 2.08 bits per heavy atom. The summed E-state index contributed by atoms with van der Waals surface area (Å²) in [7, 11) is 1.64. The van der Waals surface area contributed by atoms with Gasteiger partial charge in [0.2, 0.25) is 11.8 Å². The fraction of sp³-hybridized carbons (Fsp3) is 0.579. The maximum atomic E-state index is 12.7. The maximum absolute atomic E-state index is 12.7. The molecule has 1 unspecified atom stereocenters. The molecule has 0 radical (unpaired) electrons. The van der Waals surface area contributed by atoms with Gasteiger partial charge in [0, 0.05) is 44.6 Å². The molecule has 0 spiro atoms. The second-order valence-corrected chi connectivity index (χ2v) is 6.75. The Labute approximate surface area is 162 Å². The molecule has 0 bridgehead atoms. The van der Waals surface area contributed by atoms with Gasteiger partial charge in [-0.1, -0.05) is 32.0 Å². The molecule has 2 rings (SSSR count). The van der Waals surface area contributed by atoms with Crippen LogP contribution in [0.1, 0.15) is 38.3 Å². The van der Waals surface area contributed by atoms with Crippen LogP contribution >= 0.6 is 12.4 Å². The third kappa shape index (κ3) is 6.18. The van der Waals surface area contributed by atoms with Gasteiger partial charge in [0.05, 0.1) is 13.2 Å². The fourth-order valence-electron chi connectivity index (χ4n) is 3.12. The molecule has 1 aliphatic rings. The summed E-state index contributed by atoms with van der Waals surface area (Å²) in [5.74, 6) is 1.17. The van der Waals surface area contributed by atoms with E-state index < -0.39 is 0 Å². The van der Waals surface area contributed by atoms with Gasteiger partial charge in [-0.3, -0.25) is 9.59 Å². The van der Waals surface area contributed by atoms with Crippen LogP contribution in [0.2, 0.25) is 0 Å². The lowest BCUT2D eigenvalue weighted by molar-refractivity contribution is -0.134. The predicted octanol–water partition coefficient (Wildman–Crippen LogP) is 2.14. The van der Waals surface area contributed by atoms with E-state index in [0.717, 1.165) is 17.9 Å². The third-order valence-corrected chi connectivity index (χ3v) is 4.32. The Morgan fingerprint density at radius 1 is 1.35 bits per heavy atom. The molecule has 1 aliphatic heterocycles. The van der Waals surface area contributed by atoms with E-state index in [-0.39, 0.29) is 30.3 Å². The number of hydrogen-bond acceptors (Lipinski definition) is 4. The van der Waals surface area contributed by atoms with Crippen molar-refractivity contribution in [3.8, 4) is 5.75 Å². The van der Waals surface area contributed by atoms with Gasteiger partial charge < -0.3 is 20.3 Å². The number of carbonyl (C=O) groups excluding carboxylic acids is 2. The van der Waals surface area contributed by atoms with Crippen LogP contribution in [0.25, 0.3) is 0 Å². The van der Waals surface area contributed by atoms with Gasteiger partial charge in [-0.2, -0.15) is 0 Å². The molecular formula is C19H30ClN3O3. The summed E-state index contributed by atoms with van der Waals surface area (Å²) in [6.45, 7) is 6.52. The average Bonchev–Trinajstić information content (AvgIpc) is 2.61. The number of methoxy groups -OCH3 is 1. The molecule has 1 heterocycles. The van der Waals surface area contributed by atoms with Crippen LogP contribution in [0, 0.1) is 5.92 Å². The molecule has 2 amide bonds. The molecule has 26 heavy (non-hydrogen) atoms. The summed E-state index contributed by atoms with van der Waals surface area (Å²) in [5.41, 5.74) is 1.01. The summed E-state index contributed by atoms with van der Waals surface area (Å²) in [6, 6.07) is 7.75. The van der Waals surface area contributed by atoms with Crippen LogP contribution < -0.4 is 15.4 Å². The summed E-state index contributed by atoms with van der Waals surface area (Å²) >= 11 is 0. The number of piperazine rings is 1. The first-order chi connectivity index (χ1) is 12.0. The zero-order valence-corrected chi connectivity index (χ0v) is 16.6. The Morgan fingerprint density at radius 3 is 2.77 bits per heavy atom. The topological polar surface area (TPSA) is 70.7 Å². The second kappa shape index (κ2) is 11.0. The number of hydrogen-bond donors (Lipinski definition) is 2. The number of nitrogens with zero attached hydrogens (tertiary/aromatic N) is 1. The largest absolute Gasteiger partial charge is 0.496 e. The zero-order chi connectivity index (χ0) is 18.2. The minimum atomic E-state index is -0.0521. The molecule has 0 aromatic heterocycles. The van der Waals surface area contributed by atoms with Crippen molar-refractivity contribution >= 4 is 24.2 Å². The van der Waals surface area contributed by atoms with Crippen molar-refractivity contribution in [1.82, 2.24) is 15.5 Å². The van der Waals surface area contributed by atoms with Crippen LogP contribution in [0.5, 0.6) is 5.75 Å². The molecule has 0 aliphatic carbocycles. The van der Waals surface area contributed by atoms with E-state index in [0.29, 0.717) is 38.4 Å². The average molecular weight is 384 g/mol. The van der Waals surface area contributed by atoms with Gasteiger partial charge >= 0.3 is 0 Å². The Hall–Kier alpha value is -1.79. The molecular weight excluding hydrogens is 354 g/mol. The molecule has 1 saturated heterocycles. The molecule has 6 nitrogen and oxygen atoms in total. The SMILES string of the molecule is COc1ccccc1C1CNCCN1C(=O)CCNC(=O)CC(C)C.Cl. The first-order valence-electron chi connectivity index (χ1n) is 8.92. The summed E-state index contributed by atoms with van der Waals surface area (Å²) in [5, 5.41) is 6.18. The molecule has 1 atom stereocenters. The highest BCUT2D eigenvalue weighted by Crippen LogP contribution is 2.30. The molecule has 1 aromatic rings. The number of nitrogens with one attached hydrogen (secondary N) is 2. The third-order valence-electron chi connectivity index (χ3n) is 4.32. The lowest BCUT2D eigenvalue weighted by Gasteiger charge is -2.37. The van der Waals surface area contributed by atoms with Crippen LogP contribution in [0.4, 0.5) is 0 Å². The summed E-state index contributed by atoms with van der Waals surface area (Å²) in [4.78, 5) is 26.3. The smallest absolute Gasteiger partial charge is 0.224 e. The highest BCUT2D eigenvalue weighted by atomic mass is 35.5. The number of para-hydroxylation sites is 1. The van der Waals surface area contributed by atoms with Gasteiger partial charge in [-0.25, -0.2) is 0 Å². The fourth-order valence-corrected chi connectivity index (χ4v) is 3.12. The van der Waals surface area contributed by atoms with Crippen molar-refractivity contribution in [2.45, 2.75) is 32.7 Å². The van der Waals surface area contributed by atoms with E-state index in [2.05, 4.69) is 10.6 Å². The lowest BCUT2D eigenvalue weighted by atomic mass is 10.0. The lowest BCUT2D eigenvalue weighted by Crippen LogP contribution is -2.49. The first kappa shape index (κ1) is 22.3. The minimum absolute atomic E-state index is 0. The summed E-state index contributed by atoms with van der Waals surface area (Å²) < 4.78 is 5.45. The van der Waals surface area contributed by atoms with Crippen molar-refractivity contribution in [2.24, 2.45) is 5.92 Å². The van der Waals surface area contributed by atoms with Gasteiger partial charge in [-0.15, -0.1) is 12.4 Å². The van der Waals surface area contributed by atoms with E-state index in [1.807, 2.05) is 43.0 Å². The monoisotopic (exact) mass is 383 g/mol. The highest BCUT2D eigenvalue weighted by Gasteiger charge is 2.29. The van der Waals surface area contributed by atoms with Crippen molar-refractivity contribution in [2.75, 3.05) is 33.3 Å². The van der Waals surface area contributed by atoms with Gasteiger partial charge in [0.25, 0.3) is 0 Å². The van der Waals surface area contributed by atoms with Crippen molar-refractivity contribution in [1.29, 1.82) is 0 Å². The Balaban J connectivity index is 0.00000338. The summed E-state index contributed by atoms with van der Waals surface area (Å²) in [6.07, 6.45) is 0.807. The number of rotatable bonds is 7. The Bertz CT molecular complexity index is 595. The van der Waals surface area contributed by atoms with Crippen molar-refractivity contribution < 1.29 is 14.3 Å². The standard InChI is InChI=1S/C19H29N3O3.ClH/c1-14(2)12-18(23)21-9-8-19(24)22-11-10-20-13-16(22)15-6-4-5-7-17(15)25-3;/h4-7,14,16,20H,8-13H2,1-3H3,(H,21,23);1H. The van der Waals surface area contributed by atoms with Crippen LogP contribution in [-0.4, -0.2) is 50.0 Å².